The molecule has 4 N–H and O–H groups in total. The predicted octanol–water partition coefficient (Wildman–Crippen LogP) is 3.48. The van der Waals surface area contributed by atoms with E-state index in [1.54, 1.807) is 47.0 Å². The lowest BCUT2D eigenvalue weighted by atomic mass is 9.77. The van der Waals surface area contributed by atoms with Gasteiger partial charge in [-0.15, -0.1) is 0 Å². The molecule has 1 fully saturated rings. The highest BCUT2D eigenvalue weighted by molar-refractivity contribution is 7.08. The van der Waals surface area contributed by atoms with Crippen LogP contribution in [0.25, 0.3) is 0 Å². The Balaban J connectivity index is 1.49. The zero-order valence-corrected chi connectivity index (χ0v) is 27.8. The Kier molecular flexibility index (Phi) is 12.6. The Morgan fingerprint density at radius 3 is 2.27 bits per heavy atom. The average molecular weight is 679 g/mol. The van der Waals surface area contributed by atoms with Crippen molar-refractivity contribution in [3.63, 3.8) is 0 Å². The Hall–Kier alpha value is -2.38. The maximum atomic E-state index is 13.4. The van der Waals surface area contributed by atoms with Crippen LogP contribution in [-0.4, -0.2) is 118 Å². The number of nitrogens with zero attached hydrogens (tertiary/aromatic N) is 3. The topological polar surface area (TPSA) is 125 Å². The van der Waals surface area contributed by atoms with Crippen LogP contribution in [0.3, 0.4) is 0 Å². The van der Waals surface area contributed by atoms with Gasteiger partial charge in [-0.05, 0) is 72.1 Å². The van der Waals surface area contributed by atoms with Crippen LogP contribution in [0.2, 0.25) is 10.0 Å². The van der Waals surface area contributed by atoms with E-state index in [-0.39, 0.29) is 17.6 Å². The lowest BCUT2D eigenvalue weighted by Gasteiger charge is -2.49. The van der Waals surface area contributed by atoms with Gasteiger partial charge < -0.3 is 30.2 Å². The number of amides is 1. The monoisotopic (exact) mass is 677 g/mol. The molecule has 9 nitrogen and oxygen atoms in total. The van der Waals surface area contributed by atoms with Gasteiger partial charge >= 0.3 is 0 Å². The number of carbonyl (C=O) groups is 2. The van der Waals surface area contributed by atoms with Crippen molar-refractivity contribution in [2.24, 2.45) is 0 Å². The number of aliphatic hydroxyl groups is 4. The van der Waals surface area contributed by atoms with Gasteiger partial charge in [0.15, 0.2) is 5.78 Å². The molecule has 12 heteroatoms. The molecule has 0 saturated carbocycles. The summed E-state index contributed by atoms with van der Waals surface area (Å²) >= 11 is 14.0. The van der Waals surface area contributed by atoms with Gasteiger partial charge in [0.2, 0.25) is 0 Å². The molecule has 1 aliphatic rings. The number of rotatable bonds is 14. The third-order valence-corrected chi connectivity index (χ3v) is 10.2. The zero-order chi connectivity index (χ0) is 32.7. The van der Waals surface area contributed by atoms with E-state index in [2.05, 4.69) is 4.90 Å². The number of likely N-dealkylation sites (N-methyl/N-ethyl adjacent to an activating group) is 1. The number of ketones is 1. The van der Waals surface area contributed by atoms with Crippen LogP contribution in [0.1, 0.15) is 40.7 Å². The first-order chi connectivity index (χ1) is 21.5. The molecule has 1 amide bonds. The molecule has 0 bridgehead atoms. The molecule has 244 valence electrons. The van der Waals surface area contributed by atoms with E-state index in [9.17, 15) is 30.0 Å². The second kappa shape index (κ2) is 15.9. The Labute approximate surface area is 278 Å². The van der Waals surface area contributed by atoms with E-state index in [1.165, 1.54) is 18.3 Å². The van der Waals surface area contributed by atoms with Gasteiger partial charge in [0.25, 0.3) is 5.91 Å². The minimum absolute atomic E-state index is 0.0329. The molecule has 4 rings (SSSR count). The largest absolute Gasteiger partial charge is 0.394 e. The summed E-state index contributed by atoms with van der Waals surface area (Å²) in [7, 11) is 1.79. The number of hydrogen-bond acceptors (Lipinski definition) is 9. The van der Waals surface area contributed by atoms with Crippen molar-refractivity contribution in [1.29, 1.82) is 0 Å². The molecule has 45 heavy (non-hydrogen) atoms. The number of hydrogen-bond donors (Lipinski definition) is 4. The van der Waals surface area contributed by atoms with Crippen molar-refractivity contribution < 1.29 is 30.0 Å². The average Bonchev–Trinajstić information content (AvgIpc) is 3.59. The van der Waals surface area contributed by atoms with Crippen molar-refractivity contribution in [3.05, 3.63) is 92.1 Å². The molecule has 1 saturated heterocycles. The van der Waals surface area contributed by atoms with Crippen molar-refractivity contribution in [2.45, 2.75) is 43.1 Å². The van der Waals surface area contributed by atoms with Crippen LogP contribution >= 0.6 is 34.5 Å². The lowest BCUT2D eigenvalue weighted by molar-refractivity contribution is -0.164. The second-order valence-corrected chi connectivity index (χ2v) is 13.2. The molecule has 2 aromatic carbocycles. The van der Waals surface area contributed by atoms with Gasteiger partial charge in [-0.3, -0.25) is 14.5 Å². The number of aliphatic hydroxyl groups excluding tert-OH is 4. The first-order valence-electron chi connectivity index (χ1n) is 14.9. The molecule has 0 aliphatic carbocycles. The van der Waals surface area contributed by atoms with Gasteiger partial charge in [0.05, 0.1) is 16.7 Å². The summed E-state index contributed by atoms with van der Waals surface area (Å²) in [6.07, 6.45) is -4.30. The first-order valence-corrected chi connectivity index (χ1v) is 16.6. The van der Waals surface area contributed by atoms with Crippen LogP contribution in [-0.2, 0) is 10.3 Å². The maximum Gasteiger partial charge on any atom is 0.253 e. The maximum absolute atomic E-state index is 13.4. The molecule has 1 unspecified atom stereocenters. The number of Topliss-reactive ketones (excluding diaryl/α,β-unsaturated/α-hetero) is 1. The summed E-state index contributed by atoms with van der Waals surface area (Å²) in [6.45, 7) is 3.78. The fourth-order valence-electron chi connectivity index (χ4n) is 6.23. The summed E-state index contributed by atoms with van der Waals surface area (Å²) in [5, 5.41) is 46.2. The number of carbonyl (C=O) groups excluding carboxylic acids is 2. The highest BCUT2D eigenvalue weighted by atomic mass is 35.5. The predicted molar refractivity (Wildman–Crippen MR) is 177 cm³/mol. The molecule has 2 heterocycles. The molecular weight excluding hydrogens is 637 g/mol. The standard InChI is InChI=1S/C33H41Cl2N3O6S/c1-22(40)33(26-11-17-45-21-26,31(43)30(42)29(41)20-39)38-15-13-37(14-16-38)12-10-25(24-8-9-27(34)28(35)18-24)19-36(2)32(44)23-6-4-3-5-7-23/h3-9,11,17-18,21,25,29-31,39,41-43H,10,12-16,19-20H2,1-2H3/t25-,29-,30+,31-,33?/m1/s1. The van der Waals surface area contributed by atoms with Crippen LogP contribution < -0.4 is 0 Å². The minimum Gasteiger partial charge on any atom is -0.394 e. The van der Waals surface area contributed by atoms with Crippen molar-refractivity contribution in [3.8, 4) is 0 Å². The van der Waals surface area contributed by atoms with Crippen molar-refractivity contribution >= 4 is 46.2 Å². The number of benzene rings is 2. The fourth-order valence-corrected chi connectivity index (χ4v) is 7.24. The van der Waals surface area contributed by atoms with E-state index >= 15 is 0 Å². The third-order valence-electron chi connectivity index (χ3n) is 8.77. The van der Waals surface area contributed by atoms with Crippen LogP contribution in [0.5, 0.6) is 0 Å². The second-order valence-electron chi connectivity index (χ2n) is 11.6. The van der Waals surface area contributed by atoms with E-state index in [0.717, 1.165) is 12.0 Å². The summed E-state index contributed by atoms with van der Waals surface area (Å²) < 4.78 is 0. The summed E-state index contributed by atoms with van der Waals surface area (Å²) in [5.74, 6) is -0.471. The van der Waals surface area contributed by atoms with Crippen LogP contribution in [0.15, 0.2) is 65.4 Å². The Bertz CT molecular complexity index is 1410. The number of piperazine rings is 1. The molecule has 1 aliphatic heterocycles. The van der Waals surface area contributed by atoms with Gasteiger partial charge in [-0.2, -0.15) is 11.3 Å². The third kappa shape index (κ3) is 7.96. The van der Waals surface area contributed by atoms with Gasteiger partial charge in [0.1, 0.15) is 23.9 Å². The zero-order valence-electron chi connectivity index (χ0n) is 25.4. The fraction of sp³-hybridized carbons (Fsp3) is 0.455. The van der Waals surface area contributed by atoms with E-state index < -0.39 is 30.5 Å². The van der Waals surface area contributed by atoms with Crippen LogP contribution in [0, 0.1) is 0 Å². The van der Waals surface area contributed by atoms with E-state index in [1.807, 2.05) is 35.2 Å². The number of thiophene rings is 1. The van der Waals surface area contributed by atoms with Crippen molar-refractivity contribution in [1.82, 2.24) is 14.7 Å². The molecular formula is C33H41Cl2N3O6S. The quantitative estimate of drug-likeness (QED) is 0.205. The van der Waals surface area contributed by atoms with Gasteiger partial charge in [0, 0.05) is 51.3 Å². The molecule has 5 atom stereocenters. The highest BCUT2D eigenvalue weighted by Crippen LogP contribution is 2.38. The normalized spacial score (nSPS) is 18.5. The van der Waals surface area contributed by atoms with E-state index in [4.69, 9.17) is 23.2 Å². The number of halogens is 2. The Morgan fingerprint density at radius 1 is 1.00 bits per heavy atom. The van der Waals surface area contributed by atoms with Crippen LogP contribution in [0.4, 0.5) is 0 Å². The molecule has 0 radical (unpaired) electrons. The minimum atomic E-state index is -1.74. The first kappa shape index (κ1) is 35.5. The van der Waals surface area contributed by atoms with Crippen molar-refractivity contribution in [2.75, 3.05) is 52.9 Å². The smallest absolute Gasteiger partial charge is 0.253 e. The SMILES string of the molecule is CC(=O)C(c1ccsc1)([C@H](O)[C@@H](O)[C@H](O)CO)N1CCN(CC[C@H](CN(C)C(=O)c2ccccc2)c2ccc(Cl)c(Cl)c2)CC1. The van der Waals surface area contributed by atoms with Gasteiger partial charge in [-0.1, -0.05) is 47.5 Å². The summed E-state index contributed by atoms with van der Waals surface area (Å²) in [4.78, 5) is 32.4. The molecule has 1 aromatic heterocycles. The Morgan fingerprint density at radius 2 is 1.69 bits per heavy atom. The summed E-state index contributed by atoms with van der Waals surface area (Å²) in [6, 6.07) is 16.4. The van der Waals surface area contributed by atoms with Gasteiger partial charge in [-0.25, -0.2) is 0 Å². The molecule has 3 aromatic rings. The lowest BCUT2D eigenvalue weighted by Crippen LogP contribution is -2.66. The molecule has 0 spiro atoms. The van der Waals surface area contributed by atoms with E-state index in [0.29, 0.717) is 60.4 Å². The highest BCUT2D eigenvalue weighted by Gasteiger charge is 2.53. The summed E-state index contributed by atoms with van der Waals surface area (Å²) in [5.41, 5.74) is 0.534.